The molecule has 26 heteroatoms. The van der Waals surface area contributed by atoms with Crippen LogP contribution < -0.4 is 55.0 Å². The zero-order valence-electron chi connectivity index (χ0n) is 50.2. The molecule has 4 aliphatic heterocycles. The van der Waals surface area contributed by atoms with Gasteiger partial charge in [0, 0.05) is 37.1 Å². The fourth-order valence-corrected chi connectivity index (χ4v) is 12.1. The van der Waals surface area contributed by atoms with E-state index in [0.29, 0.717) is 78.3 Å². The summed E-state index contributed by atoms with van der Waals surface area (Å²) < 4.78 is 5.52. The number of nitrogens with one attached hydrogen (secondary N) is 4. The maximum absolute atomic E-state index is 13.0. The van der Waals surface area contributed by atoms with Crippen LogP contribution in [0.1, 0.15) is 113 Å². The van der Waals surface area contributed by atoms with Crippen molar-refractivity contribution in [2.24, 2.45) is 0 Å². The largest absolute Gasteiger partial charge is 0.398 e. The standard InChI is InChI=1S/2C16H17N3O3.2C15H16N4O3/c2*1-9-5-4-6-11-13(9)14(21)19(10(2)17-11)16(3)8-7-12(20)18-15(16)22;2*1-8-17-10-5-3-4-9(16)12(10)13(21)19(8)15(2)7-6-11(20)18-14(15)22/h2*4-6H,7-8H2,1-3H3,(H,18,20,22);2*3-5H,6-7,16H2,1-2H3,(H,18,20,22)/t2*16-;2*15-/m1010/s1. The molecule has 8 N–H and O–H groups in total. The number of hydrogen-bond acceptors (Lipinski definition) is 18. The number of anilines is 2. The molecule has 0 unspecified atom stereocenters. The number of carbonyl (C=O) groups is 8. The van der Waals surface area contributed by atoms with Gasteiger partial charge in [0.05, 0.1) is 43.6 Å². The van der Waals surface area contributed by atoms with E-state index in [2.05, 4.69) is 41.2 Å². The summed E-state index contributed by atoms with van der Waals surface area (Å²) in [4.78, 5) is 164. The van der Waals surface area contributed by atoms with Crippen molar-refractivity contribution in [2.75, 3.05) is 11.5 Å². The number of nitrogens with two attached hydrogens (primary N) is 2. The summed E-state index contributed by atoms with van der Waals surface area (Å²) in [6.07, 6.45) is 1.85. The molecule has 456 valence electrons. The van der Waals surface area contributed by atoms with Crippen LogP contribution in [0.25, 0.3) is 43.6 Å². The summed E-state index contributed by atoms with van der Waals surface area (Å²) in [5.74, 6) is -1.42. The molecule has 8 heterocycles. The predicted octanol–water partition coefficient (Wildman–Crippen LogP) is 3.21. The van der Waals surface area contributed by atoms with Crippen LogP contribution in [0.3, 0.4) is 0 Å². The van der Waals surface area contributed by atoms with Gasteiger partial charge in [-0.1, -0.05) is 36.4 Å². The lowest BCUT2D eigenvalue weighted by atomic mass is 9.90. The molecule has 12 rings (SSSR count). The molecule has 0 aliphatic carbocycles. The van der Waals surface area contributed by atoms with Crippen LogP contribution >= 0.6 is 0 Å². The van der Waals surface area contributed by atoms with Gasteiger partial charge in [-0.3, -0.25) is 97.1 Å². The molecule has 4 aromatic carbocycles. The van der Waals surface area contributed by atoms with E-state index < -0.39 is 45.8 Å². The van der Waals surface area contributed by atoms with E-state index in [1.807, 2.05) is 38.1 Å². The molecule has 0 spiro atoms. The average Bonchev–Trinajstić information content (AvgIpc) is 1.26. The molecule has 8 aromatic rings. The van der Waals surface area contributed by atoms with Gasteiger partial charge in [0.2, 0.25) is 23.6 Å². The van der Waals surface area contributed by atoms with Gasteiger partial charge in [0.1, 0.15) is 45.5 Å². The predicted molar refractivity (Wildman–Crippen MR) is 325 cm³/mol. The first-order chi connectivity index (χ1) is 41.4. The molecule has 88 heavy (non-hydrogen) atoms. The van der Waals surface area contributed by atoms with E-state index in [1.165, 1.54) is 18.3 Å². The molecule has 0 radical (unpaired) electrons. The number of amides is 8. The molecule has 26 nitrogen and oxygen atoms in total. The smallest absolute Gasteiger partial charge is 0.264 e. The van der Waals surface area contributed by atoms with Crippen LogP contribution in [0.2, 0.25) is 0 Å². The van der Waals surface area contributed by atoms with Gasteiger partial charge < -0.3 is 11.5 Å². The molecule has 4 aliphatic rings. The zero-order valence-corrected chi connectivity index (χ0v) is 50.2. The van der Waals surface area contributed by atoms with Gasteiger partial charge in [-0.15, -0.1) is 0 Å². The summed E-state index contributed by atoms with van der Waals surface area (Å²) in [6, 6.07) is 21.1. The highest BCUT2D eigenvalue weighted by Crippen LogP contribution is 2.32. The van der Waals surface area contributed by atoms with Crippen molar-refractivity contribution in [3.63, 3.8) is 0 Å². The highest BCUT2D eigenvalue weighted by atomic mass is 16.2. The van der Waals surface area contributed by atoms with Crippen LogP contribution in [0.15, 0.2) is 92.0 Å². The summed E-state index contributed by atoms with van der Waals surface area (Å²) in [5.41, 5.74) is 10.6. The number of aryl methyl sites for hydroxylation is 6. The van der Waals surface area contributed by atoms with Gasteiger partial charge in [0.25, 0.3) is 45.9 Å². The Kier molecular flexibility index (Phi) is 16.3. The van der Waals surface area contributed by atoms with Crippen molar-refractivity contribution in [1.82, 2.24) is 59.5 Å². The van der Waals surface area contributed by atoms with Gasteiger partial charge in [-0.2, -0.15) is 0 Å². The Bertz CT molecular complexity index is 4060. The number of hydrogen-bond donors (Lipinski definition) is 6. The maximum Gasteiger partial charge on any atom is 0.264 e. The van der Waals surface area contributed by atoms with E-state index in [1.54, 1.807) is 104 Å². The average molecular weight is 1200 g/mol. The first-order valence-corrected chi connectivity index (χ1v) is 28.3. The minimum absolute atomic E-state index is 0.177. The first-order valence-electron chi connectivity index (χ1n) is 28.3. The second kappa shape index (κ2) is 23.1. The van der Waals surface area contributed by atoms with Crippen molar-refractivity contribution in [1.29, 1.82) is 0 Å². The fraction of sp³-hybridized carbons (Fsp3) is 0.355. The number of carbonyl (C=O) groups excluding carboxylic acids is 8. The molecule has 4 saturated heterocycles. The molecule has 4 aromatic heterocycles. The number of nitrogen functional groups attached to an aromatic ring is 2. The Morgan fingerprint density at radius 2 is 0.557 bits per heavy atom. The lowest BCUT2D eigenvalue weighted by Gasteiger charge is -2.34. The van der Waals surface area contributed by atoms with Crippen LogP contribution in [0.5, 0.6) is 0 Å². The third-order valence-electron chi connectivity index (χ3n) is 17.0. The molecular formula is C62H66N14O12. The van der Waals surface area contributed by atoms with Gasteiger partial charge >= 0.3 is 0 Å². The fourth-order valence-electron chi connectivity index (χ4n) is 12.1. The molecule has 0 saturated carbocycles. The SMILES string of the molecule is Cc1cccc2nc(C)n([C@@]3(C)CCC(=O)NC3=O)c(=O)c12.Cc1cccc2nc(C)n([C@]3(C)CCC(=O)NC3=O)c(=O)c12.Cc1nc2cccc(N)c2c(=O)n1[C@@]1(C)CCC(=O)NC1=O.Cc1nc2cccc(N)c2c(=O)n1[C@]1(C)CCC(=O)NC1=O. The minimum Gasteiger partial charge on any atom is -0.398 e. The highest BCUT2D eigenvalue weighted by Gasteiger charge is 2.46. The van der Waals surface area contributed by atoms with Crippen molar-refractivity contribution >= 4 is 102 Å². The van der Waals surface area contributed by atoms with Crippen molar-refractivity contribution in [3.8, 4) is 0 Å². The Morgan fingerprint density at radius 3 is 0.795 bits per heavy atom. The maximum atomic E-state index is 13.0. The van der Waals surface area contributed by atoms with Crippen LogP contribution in [0, 0.1) is 41.5 Å². The van der Waals surface area contributed by atoms with E-state index in [-0.39, 0.29) is 97.2 Å². The Balaban J connectivity index is 0.000000140. The lowest BCUT2D eigenvalue weighted by molar-refractivity contribution is -0.141. The third-order valence-corrected chi connectivity index (χ3v) is 17.0. The van der Waals surface area contributed by atoms with E-state index in [0.717, 1.165) is 11.1 Å². The summed E-state index contributed by atoms with van der Waals surface area (Å²) in [7, 11) is 0. The number of benzene rings is 4. The Hall–Kier alpha value is -10.4. The molecule has 0 bridgehead atoms. The summed E-state index contributed by atoms with van der Waals surface area (Å²) in [5, 5.41) is 10.8. The van der Waals surface area contributed by atoms with Crippen molar-refractivity contribution in [2.45, 2.75) is 143 Å². The van der Waals surface area contributed by atoms with Gasteiger partial charge in [-0.25, -0.2) is 19.9 Å². The second-order valence-electron chi connectivity index (χ2n) is 23.2. The number of nitrogens with zero attached hydrogens (tertiary/aromatic N) is 8. The monoisotopic (exact) mass is 1200 g/mol. The lowest BCUT2D eigenvalue weighted by Crippen LogP contribution is -2.56. The van der Waals surface area contributed by atoms with E-state index >= 15 is 0 Å². The first kappa shape index (κ1) is 62.1. The van der Waals surface area contributed by atoms with Gasteiger partial charge in [0.15, 0.2) is 0 Å². The quantitative estimate of drug-likeness (QED) is 0.109. The Labute approximate surface area is 501 Å². The van der Waals surface area contributed by atoms with E-state index in [9.17, 15) is 57.5 Å². The molecular weight excluding hydrogens is 1130 g/mol. The number of rotatable bonds is 4. The van der Waals surface area contributed by atoms with Crippen molar-refractivity contribution in [3.05, 3.63) is 149 Å². The van der Waals surface area contributed by atoms with Crippen LogP contribution in [-0.4, -0.2) is 85.5 Å². The number of fused-ring (bicyclic) bond motifs is 4. The van der Waals surface area contributed by atoms with Crippen LogP contribution in [0.4, 0.5) is 11.4 Å². The third kappa shape index (κ3) is 10.8. The van der Waals surface area contributed by atoms with Gasteiger partial charge in [-0.05, 0) is 142 Å². The van der Waals surface area contributed by atoms with Crippen LogP contribution in [-0.2, 0) is 60.5 Å². The minimum atomic E-state index is -1.15. The summed E-state index contributed by atoms with van der Waals surface area (Å²) in [6.45, 7) is 17.1. The molecule has 4 fully saturated rings. The number of piperidine rings is 4. The number of aromatic nitrogens is 8. The van der Waals surface area contributed by atoms with E-state index in [4.69, 9.17) is 11.5 Å². The highest BCUT2D eigenvalue weighted by molar-refractivity contribution is 6.04. The zero-order chi connectivity index (χ0) is 64.3. The normalized spacial score (nSPS) is 21.9. The molecule has 8 amide bonds. The topological polar surface area (TPSA) is 376 Å². The summed E-state index contributed by atoms with van der Waals surface area (Å²) >= 11 is 0. The second-order valence-corrected chi connectivity index (χ2v) is 23.2. The molecule has 4 atom stereocenters. The Morgan fingerprint density at radius 1 is 0.341 bits per heavy atom. The van der Waals surface area contributed by atoms with Crippen molar-refractivity contribution < 1.29 is 38.4 Å². The number of imide groups is 4.